The quantitative estimate of drug-likeness (QED) is 0.571. The summed E-state index contributed by atoms with van der Waals surface area (Å²) in [6, 6.07) is 11.2. The van der Waals surface area contributed by atoms with Gasteiger partial charge >= 0.3 is 4.87 Å². The minimum atomic E-state index is -0.618. The first-order valence-electron chi connectivity index (χ1n) is 9.57. The van der Waals surface area contributed by atoms with Crippen LogP contribution in [0.4, 0.5) is 5.69 Å². The third kappa shape index (κ3) is 3.54. The van der Waals surface area contributed by atoms with Crippen LogP contribution in [0.2, 0.25) is 0 Å². The summed E-state index contributed by atoms with van der Waals surface area (Å²) in [6.07, 6.45) is 0. The fraction of sp³-hybridized carbons (Fsp3) is 0.238. The lowest BCUT2D eigenvalue weighted by Crippen LogP contribution is -2.32. The Bertz CT molecular complexity index is 1240. The molecule has 0 aliphatic carbocycles. The molecule has 5 rings (SSSR count). The van der Waals surface area contributed by atoms with Crippen LogP contribution in [0.1, 0.15) is 21.2 Å². The van der Waals surface area contributed by atoms with Gasteiger partial charge in [0, 0.05) is 21.4 Å². The maximum atomic E-state index is 12.8. The number of carbonyl (C=O) groups excluding carboxylic acids is 3. The van der Waals surface area contributed by atoms with Crippen molar-refractivity contribution in [3.05, 3.63) is 66.8 Å². The second kappa shape index (κ2) is 7.77. The number of rotatable bonds is 4. The van der Waals surface area contributed by atoms with Crippen LogP contribution in [0.25, 0.3) is 0 Å². The molecular weight excluding hydrogens is 454 g/mol. The van der Waals surface area contributed by atoms with Crippen molar-refractivity contribution in [3.63, 3.8) is 0 Å². The van der Waals surface area contributed by atoms with E-state index in [9.17, 15) is 19.2 Å². The highest BCUT2D eigenvalue weighted by atomic mass is 32.2. The van der Waals surface area contributed by atoms with Gasteiger partial charge in [-0.1, -0.05) is 46.9 Å². The van der Waals surface area contributed by atoms with Gasteiger partial charge in [0.15, 0.2) is 0 Å². The van der Waals surface area contributed by atoms with Gasteiger partial charge in [0.2, 0.25) is 17.7 Å². The molecule has 10 heteroatoms. The van der Waals surface area contributed by atoms with E-state index < -0.39 is 11.2 Å². The molecule has 2 aliphatic heterocycles. The summed E-state index contributed by atoms with van der Waals surface area (Å²) in [4.78, 5) is 51.9. The first kappa shape index (κ1) is 20.2. The van der Waals surface area contributed by atoms with Crippen LogP contribution in [-0.2, 0) is 20.9 Å². The Morgan fingerprint density at radius 2 is 1.90 bits per heavy atom. The number of aryl methyl sites for hydroxylation is 1. The molecule has 2 aromatic heterocycles. The SMILES string of the molecule is Cc1ccc(NC(=O)Cn2c3c(sc2=O)[C@@H](c2cccs2)[C@H]2C(=O)NC(=O)[C@H]2S3)cc1. The second-order valence-corrected chi connectivity index (χ2v) is 10.6. The minimum absolute atomic E-state index is 0.157. The summed E-state index contributed by atoms with van der Waals surface area (Å²) in [5.74, 6) is -1.91. The number of thioether (sulfide) groups is 1. The van der Waals surface area contributed by atoms with Gasteiger partial charge in [-0.15, -0.1) is 11.3 Å². The number of fused-ring (bicyclic) bond motifs is 2. The summed E-state index contributed by atoms with van der Waals surface area (Å²) < 4.78 is 1.42. The van der Waals surface area contributed by atoms with Gasteiger partial charge in [-0.2, -0.15) is 0 Å². The van der Waals surface area contributed by atoms with Gasteiger partial charge < -0.3 is 5.32 Å². The molecule has 0 radical (unpaired) electrons. The number of nitrogens with one attached hydrogen (secondary N) is 2. The molecule has 31 heavy (non-hydrogen) atoms. The molecule has 158 valence electrons. The molecular formula is C21H17N3O4S3. The van der Waals surface area contributed by atoms with Crippen LogP contribution in [0.3, 0.4) is 0 Å². The number of amides is 3. The molecule has 0 unspecified atom stereocenters. The molecule has 0 spiro atoms. The number of nitrogens with zero attached hydrogens (tertiary/aromatic N) is 1. The summed E-state index contributed by atoms with van der Waals surface area (Å²) in [5.41, 5.74) is 1.73. The minimum Gasteiger partial charge on any atom is -0.325 e. The fourth-order valence-corrected chi connectivity index (χ4v) is 7.62. The number of aromatic nitrogens is 1. The number of benzene rings is 1. The molecule has 1 fully saturated rings. The lowest BCUT2D eigenvalue weighted by atomic mass is 9.87. The van der Waals surface area contributed by atoms with Gasteiger partial charge in [0.25, 0.3) is 0 Å². The van der Waals surface area contributed by atoms with Gasteiger partial charge in [-0.25, -0.2) is 0 Å². The zero-order valence-electron chi connectivity index (χ0n) is 16.3. The van der Waals surface area contributed by atoms with Crippen LogP contribution in [-0.4, -0.2) is 27.5 Å². The second-order valence-electron chi connectivity index (χ2n) is 7.45. The molecule has 3 amide bonds. The van der Waals surface area contributed by atoms with Crippen LogP contribution in [0.15, 0.2) is 51.6 Å². The zero-order valence-corrected chi connectivity index (χ0v) is 18.7. The van der Waals surface area contributed by atoms with Crippen molar-refractivity contribution in [2.45, 2.75) is 29.7 Å². The largest absolute Gasteiger partial charge is 0.325 e. The molecule has 0 saturated carbocycles. The summed E-state index contributed by atoms with van der Waals surface area (Å²) in [5, 5.41) is 7.13. The summed E-state index contributed by atoms with van der Waals surface area (Å²) >= 11 is 3.74. The molecule has 2 aliphatic rings. The van der Waals surface area contributed by atoms with E-state index in [2.05, 4.69) is 10.6 Å². The van der Waals surface area contributed by atoms with Crippen molar-refractivity contribution in [1.29, 1.82) is 0 Å². The summed E-state index contributed by atoms with van der Waals surface area (Å²) in [6.45, 7) is 1.80. The van der Waals surface area contributed by atoms with Crippen molar-refractivity contribution in [2.24, 2.45) is 5.92 Å². The van der Waals surface area contributed by atoms with E-state index in [1.807, 2.05) is 36.6 Å². The van der Waals surface area contributed by atoms with Crippen molar-refractivity contribution >= 4 is 57.8 Å². The van der Waals surface area contributed by atoms with Crippen molar-refractivity contribution in [1.82, 2.24) is 9.88 Å². The van der Waals surface area contributed by atoms with E-state index in [0.29, 0.717) is 10.7 Å². The van der Waals surface area contributed by atoms with Crippen molar-refractivity contribution < 1.29 is 14.4 Å². The Morgan fingerprint density at radius 3 is 2.61 bits per heavy atom. The standard InChI is InChI=1S/C21H17N3O4S3/c1-10-4-6-11(7-5-10)22-13(25)9-24-20-17(31-21(24)28)14(12-3-2-8-29-12)15-16(30-20)19(27)23-18(15)26/h2-8,14-16H,9H2,1H3,(H,22,25)(H,23,26,27)/t14-,15+,16-/m0/s1. The monoisotopic (exact) mass is 471 g/mol. The van der Waals surface area contributed by atoms with Gasteiger partial charge in [0.1, 0.15) is 11.8 Å². The first-order chi connectivity index (χ1) is 14.9. The average Bonchev–Trinajstić information content (AvgIpc) is 3.43. The van der Waals surface area contributed by atoms with Crippen LogP contribution in [0, 0.1) is 12.8 Å². The smallest absolute Gasteiger partial charge is 0.308 e. The van der Waals surface area contributed by atoms with Crippen LogP contribution < -0.4 is 15.5 Å². The Morgan fingerprint density at radius 1 is 1.13 bits per heavy atom. The number of carbonyl (C=O) groups is 3. The van der Waals surface area contributed by atoms with Crippen molar-refractivity contribution in [2.75, 3.05) is 5.32 Å². The van der Waals surface area contributed by atoms with E-state index in [-0.39, 0.29) is 35.1 Å². The van der Waals surface area contributed by atoms with Gasteiger partial charge in [-0.3, -0.25) is 29.1 Å². The van der Waals surface area contributed by atoms with E-state index >= 15 is 0 Å². The molecule has 1 saturated heterocycles. The molecule has 1 aromatic carbocycles. The lowest BCUT2D eigenvalue weighted by molar-refractivity contribution is -0.126. The van der Waals surface area contributed by atoms with Crippen molar-refractivity contribution in [3.8, 4) is 0 Å². The molecule has 2 N–H and O–H groups in total. The Labute approximate surface area is 189 Å². The fourth-order valence-electron chi connectivity index (χ4n) is 3.93. The number of thiazole rings is 1. The van der Waals surface area contributed by atoms with Crippen LogP contribution in [0.5, 0.6) is 0 Å². The average molecular weight is 472 g/mol. The number of hydrogen-bond donors (Lipinski definition) is 2. The Kier molecular flexibility index (Phi) is 5.07. The maximum absolute atomic E-state index is 12.8. The van der Waals surface area contributed by atoms with Crippen LogP contribution >= 0.6 is 34.4 Å². The van der Waals surface area contributed by atoms with E-state index in [0.717, 1.165) is 26.7 Å². The third-order valence-electron chi connectivity index (χ3n) is 5.37. The predicted octanol–water partition coefficient (Wildman–Crippen LogP) is 2.80. The normalized spacial score (nSPS) is 22.0. The van der Waals surface area contributed by atoms with Gasteiger partial charge in [-0.05, 0) is 30.5 Å². The molecule has 3 aromatic rings. The molecule has 0 bridgehead atoms. The topological polar surface area (TPSA) is 97.3 Å². The zero-order chi connectivity index (χ0) is 21.7. The maximum Gasteiger partial charge on any atom is 0.308 e. The lowest BCUT2D eigenvalue weighted by Gasteiger charge is -2.29. The Balaban J connectivity index is 1.50. The molecule has 7 nitrogen and oxygen atoms in total. The third-order valence-corrected chi connectivity index (χ3v) is 8.95. The highest BCUT2D eigenvalue weighted by molar-refractivity contribution is 8.00. The highest BCUT2D eigenvalue weighted by Crippen LogP contribution is 2.52. The van der Waals surface area contributed by atoms with E-state index in [4.69, 9.17) is 0 Å². The predicted molar refractivity (Wildman–Crippen MR) is 121 cm³/mol. The highest BCUT2D eigenvalue weighted by Gasteiger charge is 2.53. The Hall–Kier alpha value is -2.69. The summed E-state index contributed by atoms with van der Waals surface area (Å²) in [7, 11) is 0. The molecule has 3 atom stereocenters. The first-order valence-corrected chi connectivity index (χ1v) is 12.1. The number of anilines is 1. The number of imide groups is 1. The number of hydrogen-bond acceptors (Lipinski definition) is 7. The number of thiophene rings is 1. The van der Waals surface area contributed by atoms with E-state index in [1.54, 1.807) is 12.1 Å². The van der Waals surface area contributed by atoms with E-state index in [1.165, 1.54) is 27.7 Å². The van der Waals surface area contributed by atoms with Gasteiger partial charge in [0.05, 0.1) is 10.9 Å². The molecule has 4 heterocycles.